The number of anilines is 1. The van der Waals surface area contributed by atoms with Gasteiger partial charge in [-0.2, -0.15) is 0 Å². The monoisotopic (exact) mass is 270 g/mol. The van der Waals surface area contributed by atoms with E-state index in [1.807, 2.05) is 25.2 Å². The van der Waals surface area contributed by atoms with E-state index < -0.39 is 0 Å². The molecule has 0 aromatic heterocycles. The number of hydrogen-bond donors (Lipinski definition) is 1. The van der Waals surface area contributed by atoms with Crippen molar-refractivity contribution in [3.8, 4) is 0 Å². The average molecular weight is 270 g/mol. The topological polar surface area (TPSA) is 15.3 Å². The highest BCUT2D eigenvalue weighted by molar-refractivity contribution is 5.58. The molecule has 20 heavy (non-hydrogen) atoms. The zero-order valence-electron chi connectivity index (χ0n) is 11.7. The van der Waals surface area contributed by atoms with Crippen LogP contribution in [0.5, 0.6) is 0 Å². The first-order chi connectivity index (χ1) is 9.78. The van der Waals surface area contributed by atoms with Gasteiger partial charge in [-0.25, -0.2) is 4.39 Å². The zero-order chi connectivity index (χ0) is 13.9. The Kier molecular flexibility index (Phi) is 3.70. The molecule has 0 aliphatic carbocycles. The first kappa shape index (κ1) is 13.1. The van der Waals surface area contributed by atoms with E-state index in [1.165, 1.54) is 11.3 Å². The standard InChI is InChI=1S/C17H19FN2/c1-19-11-13-6-7-16(18)15(10-13)12-20-9-8-14-4-2-3-5-17(14)20/h2-7,10,19H,8-9,11-12H2,1H3. The first-order valence-electron chi connectivity index (χ1n) is 7.02. The summed E-state index contributed by atoms with van der Waals surface area (Å²) in [5.74, 6) is -0.116. The molecule has 0 amide bonds. The van der Waals surface area contributed by atoms with E-state index in [0.29, 0.717) is 6.54 Å². The maximum Gasteiger partial charge on any atom is 0.128 e. The second-order valence-electron chi connectivity index (χ2n) is 5.26. The van der Waals surface area contributed by atoms with Crippen LogP contribution < -0.4 is 10.2 Å². The molecular weight excluding hydrogens is 251 g/mol. The smallest absolute Gasteiger partial charge is 0.128 e. The maximum absolute atomic E-state index is 14.0. The van der Waals surface area contributed by atoms with Crippen molar-refractivity contribution in [2.75, 3.05) is 18.5 Å². The Morgan fingerprint density at radius 3 is 2.90 bits per heavy atom. The van der Waals surface area contributed by atoms with Crippen molar-refractivity contribution >= 4 is 5.69 Å². The van der Waals surface area contributed by atoms with E-state index in [-0.39, 0.29) is 5.82 Å². The van der Waals surface area contributed by atoms with Crippen LogP contribution in [0.2, 0.25) is 0 Å². The fraction of sp³-hybridized carbons (Fsp3) is 0.294. The van der Waals surface area contributed by atoms with Gasteiger partial charge < -0.3 is 10.2 Å². The van der Waals surface area contributed by atoms with Crippen molar-refractivity contribution in [1.29, 1.82) is 0 Å². The Morgan fingerprint density at radius 1 is 1.20 bits per heavy atom. The quantitative estimate of drug-likeness (QED) is 0.918. The number of rotatable bonds is 4. The van der Waals surface area contributed by atoms with Gasteiger partial charge in [-0.3, -0.25) is 0 Å². The largest absolute Gasteiger partial charge is 0.367 e. The number of halogens is 1. The lowest BCUT2D eigenvalue weighted by Crippen LogP contribution is -2.20. The summed E-state index contributed by atoms with van der Waals surface area (Å²) in [6.07, 6.45) is 1.05. The molecule has 1 heterocycles. The zero-order valence-corrected chi connectivity index (χ0v) is 11.7. The minimum Gasteiger partial charge on any atom is -0.367 e. The molecule has 3 rings (SSSR count). The maximum atomic E-state index is 14.0. The van der Waals surface area contributed by atoms with Crippen LogP contribution in [0.3, 0.4) is 0 Å². The SMILES string of the molecule is CNCc1ccc(F)c(CN2CCc3ccccc32)c1. The first-order valence-corrected chi connectivity index (χ1v) is 7.02. The summed E-state index contributed by atoms with van der Waals surface area (Å²) in [7, 11) is 1.90. The molecule has 104 valence electrons. The van der Waals surface area contributed by atoms with Gasteiger partial charge in [-0.15, -0.1) is 0 Å². The van der Waals surface area contributed by atoms with Crippen LogP contribution in [-0.2, 0) is 19.5 Å². The summed E-state index contributed by atoms with van der Waals surface area (Å²) in [6, 6.07) is 13.8. The second-order valence-corrected chi connectivity index (χ2v) is 5.26. The van der Waals surface area contributed by atoms with Crippen molar-refractivity contribution in [3.05, 3.63) is 65.0 Å². The average Bonchev–Trinajstić information content (AvgIpc) is 2.86. The Bertz CT molecular complexity index is 610. The highest BCUT2D eigenvalue weighted by atomic mass is 19.1. The second kappa shape index (κ2) is 5.63. The molecule has 0 saturated carbocycles. The van der Waals surface area contributed by atoms with Crippen LogP contribution in [0.25, 0.3) is 0 Å². The van der Waals surface area contributed by atoms with Crippen LogP contribution in [-0.4, -0.2) is 13.6 Å². The number of fused-ring (bicyclic) bond motifs is 1. The van der Waals surface area contributed by atoms with Gasteiger partial charge >= 0.3 is 0 Å². The summed E-state index contributed by atoms with van der Waals surface area (Å²) < 4.78 is 14.0. The van der Waals surface area contributed by atoms with Gasteiger partial charge in [0.25, 0.3) is 0 Å². The lowest BCUT2D eigenvalue weighted by molar-refractivity contribution is 0.604. The minimum absolute atomic E-state index is 0.116. The third kappa shape index (κ3) is 2.54. The number of benzene rings is 2. The Hall–Kier alpha value is -1.87. The molecule has 1 aliphatic rings. The fourth-order valence-electron chi connectivity index (χ4n) is 2.84. The molecule has 0 bridgehead atoms. The van der Waals surface area contributed by atoms with Crippen LogP contribution >= 0.6 is 0 Å². The van der Waals surface area contributed by atoms with Gasteiger partial charge in [0.05, 0.1) is 0 Å². The van der Waals surface area contributed by atoms with Gasteiger partial charge in [0.1, 0.15) is 5.82 Å². The number of nitrogens with zero attached hydrogens (tertiary/aromatic N) is 1. The molecule has 0 spiro atoms. The lowest BCUT2D eigenvalue weighted by Gasteiger charge is -2.20. The van der Waals surface area contributed by atoms with Crippen LogP contribution in [0.15, 0.2) is 42.5 Å². The molecule has 1 N–H and O–H groups in total. The van der Waals surface area contributed by atoms with Crippen molar-refractivity contribution in [2.45, 2.75) is 19.5 Å². The van der Waals surface area contributed by atoms with Crippen molar-refractivity contribution in [2.24, 2.45) is 0 Å². The van der Waals surface area contributed by atoms with E-state index >= 15 is 0 Å². The Morgan fingerprint density at radius 2 is 2.05 bits per heavy atom. The van der Waals surface area contributed by atoms with E-state index in [2.05, 4.69) is 28.4 Å². The summed E-state index contributed by atoms with van der Waals surface area (Å²) >= 11 is 0. The van der Waals surface area contributed by atoms with Crippen molar-refractivity contribution in [3.63, 3.8) is 0 Å². The van der Waals surface area contributed by atoms with Gasteiger partial charge in [0.15, 0.2) is 0 Å². The molecule has 2 aromatic rings. The van der Waals surface area contributed by atoms with Crippen LogP contribution in [0, 0.1) is 5.82 Å². The molecule has 0 radical (unpaired) electrons. The van der Waals surface area contributed by atoms with E-state index in [9.17, 15) is 4.39 Å². The van der Waals surface area contributed by atoms with E-state index in [0.717, 1.165) is 30.6 Å². The van der Waals surface area contributed by atoms with Crippen molar-refractivity contribution < 1.29 is 4.39 Å². The number of nitrogens with one attached hydrogen (secondary N) is 1. The highest BCUT2D eigenvalue weighted by Gasteiger charge is 2.19. The summed E-state index contributed by atoms with van der Waals surface area (Å²) in [5.41, 5.74) is 4.50. The molecule has 3 heteroatoms. The van der Waals surface area contributed by atoms with Gasteiger partial charge in [0.2, 0.25) is 0 Å². The molecular formula is C17H19FN2. The van der Waals surface area contributed by atoms with Crippen LogP contribution in [0.4, 0.5) is 10.1 Å². The number of hydrogen-bond acceptors (Lipinski definition) is 2. The van der Waals surface area contributed by atoms with Gasteiger partial charge in [0, 0.05) is 30.9 Å². The molecule has 0 fully saturated rings. The molecule has 0 unspecified atom stereocenters. The lowest BCUT2D eigenvalue weighted by atomic mass is 10.1. The molecule has 2 nitrogen and oxygen atoms in total. The third-order valence-electron chi connectivity index (χ3n) is 3.84. The third-order valence-corrected chi connectivity index (χ3v) is 3.84. The minimum atomic E-state index is -0.116. The predicted molar refractivity (Wildman–Crippen MR) is 80.4 cm³/mol. The molecule has 0 saturated heterocycles. The summed E-state index contributed by atoms with van der Waals surface area (Å²) in [4.78, 5) is 2.26. The molecule has 0 atom stereocenters. The molecule has 2 aromatic carbocycles. The molecule has 1 aliphatic heterocycles. The fourth-order valence-corrected chi connectivity index (χ4v) is 2.84. The van der Waals surface area contributed by atoms with E-state index in [4.69, 9.17) is 0 Å². The van der Waals surface area contributed by atoms with Gasteiger partial charge in [-0.05, 0) is 42.8 Å². The number of para-hydroxylation sites is 1. The van der Waals surface area contributed by atoms with E-state index in [1.54, 1.807) is 6.07 Å². The Balaban J connectivity index is 1.83. The summed E-state index contributed by atoms with van der Waals surface area (Å²) in [5, 5.41) is 3.10. The van der Waals surface area contributed by atoms with Gasteiger partial charge in [-0.1, -0.05) is 24.3 Å². The summed E-state index contributed by atoms with van der Waals surface area (Å²) in [6.45, 7) is 2.37. The van der Waals surface area contributed by atoms with Crippen molar-refractivity contribution in [1.82, 2.24) is 5.32 Å². The Labute approximate surface area is 119 Å². The highest BCUT2D eigenvalue weighted by Crippen LogP contribution is 2.29. The van der Waals surface area contributed by atoms with Crippen LogP contribution in [0.1, 0.15) is 16.7 Å². The normalized spacial score (nSPS) is 13.6. The predicted octanol–water partition coefficient (Wildman–Crippen LogP) is 3.11.